The molecule has 0 radical (unpaired) electrons. The number of para-hydroxylation sites is 4. The van der Waals surface area contributed by atoms with Crippen LogP contribution in [0.4, 0.5) is 39.8 Å². The first-order chi connectivity index (χ1) is 34.3. The van der Waals surface area contributed by atoms with Crippen molar-refractivity contribution in [2.45, 2.75) is 64.7 Å². The molecule has 14 rings (SSSR count). The molecule has 2 aromatic heterocycles. The molecular weight excluding hydrogens is 871 g/mol. The third kappa shape index (κ3) is 6.05. The van der Waals surface area contributed by atoms with Gasteiger partial charge in [0.25, 0.3) is 0 Å². The lowest BCUT2D eigenvalue weighted by Gasteiger charge is -2.51. The van der Waals surface area contributed by atoms with Crippen LogP contribution in [0.2, 0.25) is 0 Å². The van der Waals surface area contributed by atoms with E-state index in [-0.39, 0.29) is 16.2 Å². The summed E-state index contributed by atoms with van der Waals surface area (Å²) >= 11 is 0. The van der Waals surface area contributed by atoms with Crippen molar-refractivity contribution < 1.29 is 9.47 Å². The van der Waals surface area contributed by atoms with Gasteiger partial charge < -0.3 is 24.2 Å². The summed E-state index contributed by atoms with van der Waals surface area (Å²) in [6, 6.07) is 63.5. The summed E-state index contributed by atoms with van der Waals surface area (Å²) < 4.78 is 15.9. The normalized spacial score (nSPS) is 15.5. The molecule has 0 unspecified atom stereocenters. The fourth-order valence-corrected chi connectivity index (χ4v) is 12.0. The Morgan fingerprint density at radius 3 is 1.85 bits per heavy atom. The van der Waals surface area contributed by atoms with Gasteiger partial charge in [0.05, 0.1) is 39.5 Å². The maximum Gasteiger partial charge on any atom is 0.151 e. The predicted octanol–water partition coefficient (Wildman–Crippen LogP) is 17.0. The van der Waals surface area contributed by atoms with Gasteiger partial charge in [0.15, 0.2) is 11.5 Å². The van der Waals surface area contributed by atoms with Crippen LogP contribution in [0.1, 0.15) is 76.3 Å². The van der Waals surface area contributed by atoms with Gasteiger partial charge in [-0.3, -0.25) is 4.57 Å². The van der Waals surface area contributed by atoms with Gasteiger partial charge in [0.1, 0.15) is 24.0 Å². The van der Waals surface area contributed by atoms with Crippen LogP contribution in [0.25, 0.3) is 38.8 Å². The average molecular weight is 924 g/mol. The number of hydrogen-bond acceptors (Lipinski definition) is 6. The zero-order valence-electron chi connectivity index (χ0n) is 41.1. The first-order valence-electron chi connectivity index (χ1n) is 24.8. The molecule has 0 aliphatic carbocycles. The lowest BCUT2D eigenvalue weighted by Crippen LogP contribution is -2.40. The van der Waals surface area contributed by atoms with Gasteiger partial charge in [-0.15, -0.1) is 0 Å². The van der Waals surface area contributed by atoms with Gasteiger partial charge >= 0.3 is 0 Å². The van der Waals surface area contributed by atoms with Gasteiger partial charge in [-0.05, 0) is 129 Å². The van der Waals surface area contributed by atoms with Crippen LogP contribution in [0.15, 0.2) is 182 Å². The lowest BCUT2D eigenvalue weighted by atomic mass is 9.65. The molecular formula is C64H53N5O2. The quantitative estimate of drug-likeness (QED) is 0.166. The highest BCUT2D eigenvalue weighted by atomic mass is 16.5. The molecule has 0 N–H and O–H groups in total. The predicted molar refractivity (Wildman–Crippen MR) is 290 cm³/mol. The first kappa shape index (κ1) is 41.7. The number of fused-ring (bicyclic) bond motifs is 4. The van der Waals surface area contributed by atoms with Crippen molar-refractivity contribution in [1.82, 2.24) is 9.55 Å². The third-order valence-electron chi connectivity index (χ3n) is 15.8. The molecule has 0 saturated carbocycles. The van der Waals surface area contributed by atoms with Crippen molar-refractivity contribution in [2.75, 3.05) is 21.4 Å². The van der Waals surface area contributed by atoms with Crippen molar-refractivity contribution in [3.63, 3.8) is 0 Å². The fraction of sp³-hybridized carbons (Fsp3) is 0.172. The summed E-state index contributed by atoms with van der Waals surface area (Å²) in [5, 5.41) is 2.32. The van der Waals surface area contributed by atoms with Gasteiger partial charge in [-0.1, -0.05) is 127 Å². The van der Waals surface area contributed by atoms with E-state index < -0.39 is 0 Å². The van der Waals surface area contributed by atoms with Crippen LogP contribution in [-0.2, 0) is 16.2 Å². The van der Waals surface area contributed by atoms with Crippen molar-refractivity contribution in [1.29, 1.82) is 0 Å². The molecule has 4 aliphatic rings. The molecule has 8 aromatic carbocycles. The Kier molecular flexibility index (Phi) is 8.58. The molecule has 7 nitrogen and oxygen atoms in total. The summed E-state index contributed by atoms with van der Waals surface area (Å²) in [6.07, 6.45) is 1.93. The van der Waals surface area contributed by atoms with E-state index in [9.17, 15) is 0 Å². The molecule has 0 saturated heterocycles. The monoisotopic (exact) mass is 923 g/mol. The number of rotatable bonds is 6. The van der Waals surface area contributed by atoms with E-state index >= 15 is 0 Å². The second kappa shape index (κ2) is 14.6. The van der Waals surface area contributed by atoms with Crippen molar-refractivity contribution in [3.8, 4) is 39.9 Å². The van der Waals surface area contributed by atoms with Gasteiger partial charge in [-0.25, -0.2) is 4.98 Å². The maximum absolute atomic E-state index is 6.88. The van der Waals surface area contributed by atoms with E-state index in [1.807, 2.05) is 6.20 Å². The summed E-state index contributed by atoms with van der Waals surface area (Å²) in [5.74, 6) is 4.24. The Hall–Kier alpha value is -8.29. The number of pyridine rings is 1. The van der Waals surface area contributed by atoms with E-state index in [0.29, 0.717) is 6.67 Å². The number of nitrogens with zero attached hydrogens (tertiary/aromatic N) is 5. The van der Waals surface area contributed by atoms with Crippen LogP contribution >= 0.6 is 0 Å². The number of anilines is 7. The molecule has 4 aliphatic heterocycles. The van der Waals surface area contributed by atoms with E-state index in [0.717, 1.165) is 68.0 Å². The van der Waals surface area contributed by atoms with Gasteiger partial charge in [0, 0.05) is 51.3 Å². The Morgan fingerprint density at radius 2 is 1.15 bits per heavy atom. The molecule has 0 spiro atoms. The lowest BCUT2D eigenvalue weighted by molar-refractivity contribution is 0.464. The van der Waals surface area contributed by atoms with E-state index in [1.54, 1.807) is 0 Å². The van der Waals surface area contributed by atoms with E-state index in [2.05, 4.69) is 244 Å². The molecule has 0 bridgehead atoms. The molecule has 0 amide bonds. The van der Waals surface area contributed by atoms with Crippen molar-refractivity contribution in [3.05, 3.63) is 210 Å². The summed E-state index contributed by atoms with van der Waals surface area (Å²) in [5.41, 5.74) is 18.5. The second-order valence-corrected chi connectivity index (χ2v) is 21.7. The molecule has 7 heteroatoms. The van der Waals surface area contributed by atoms with Gasteiger partial charge in [0.2, 0.25) is 0 Å². The van der Waals surface area contributed by atoms with Crippen LogP contribution in [-0.4, -0.2) is 16.2 Å². The Balaban J connectivity index is 0.845. The molecule has 346 valence electrons. The zero-order chi connectivity index (χ0) is 48.1. The van der Waals surface area contributed by atoms with Crippen LogP contribution in [0, 0.1) is 0 Å². The van der Waals surface area contributed by atoms with Crippen LogP contribution in [0.3, 0.4) is 0 Å². The molecule has 0 fully saturated rings. The minimum Gasteiger partial charge on any atom is -0.457 e. The Bertz CT molecular complexity index is 3790. The first-order valence-corrected chi connectivity index (χ1v) is 24.8. The Labute approximate surface area is 414 Å². The molecule has 0 atom stereocenters. The van der Waals surface area contributed by atoms with Crippen LogP contribution < -0.4 is 24.2 Å². The fourth-order valence-electron chi connectivity index (χ4n) is 12.0. The summed E-state index contributed by atoms with van der Waals surface area (Å²) in [7, 11) is 0. The maximum atomic E-state index is 6.88. The van der Waals surface area contributed by atoms with Crippen molar-refractivity contribution >= 4 is 61.6 Å². The summed E-state index contributed by atoms with van der Waals surface area (Å²) in [4.78, 5) is 12.4. The molecule has 6 heterocycles. The SMILES string of the molecule is CC(C)(C)c1ccnc(-n2c3ccc(-c4ccccc4)cc3c3ccc(Oc4cccc(N5CN(c6cc7c8c(c6)C(C)(C)c6cccc9c6N8c6c(cccc6C7(C)C)O9)c6ccccc65)c4)cc32)c1. The smallest absolute Gasteiger partial charge is 0.151 e. The number of ether oxygens (including phenoxy) is 2. The highest BCUT2D eigenvalue weighted by Gasteiger charge is 2.50. The standard InChI is InChI=1S/C64H53N5O2/c1-62(2,3)41-30-31-65-58(33-41)68-52-29-26-40(39-16-9-8-10-17-39)32-47(52)46-28-27-45(37-55(46)68)70-44-19-13-18-42(34-44)66-38-67(54-23-12-11-22-53(54)66)43-35-50-59-51(36-43)64(6,7)49-21-15-25-57-61(49)69(59)60-48(63(50,4)5)20-14-24-56(60)71-57/h8-37H,38H2,1-7H3. The van der Waals surface area contributed by atoms with Crippen LogP contribution in [0.5, 0.6) is 23.0 Å². The van der Waals surface area contributed by atoms with E-state index in [1.165, 1.54) is 61.4 Å². The largest absolute Gasteiger partial charge is 0.457 e. The Morgan fingerprint density at radius 1 is 0.507 bits per heavy atom. The summed E-state index contributed by atoms with van der Waals surface area (Å²) in [6.45, 7) is 16.9. The number of hydrogen-bond donors (Lipinski definition) is 0. The topological polar surface area (TPSA) is 46.0 Å². The molecule has 10 aromatic rings. The number of aromatic nitrogens is 2. The highest BCUT2D eigenvalue weighted by molar-refractivity contribution is 6.11. The second-order valence-electron chi connectivity index (χ2n) is 21.7. The minimum absolute atomic E-state index is 0.0354. The minimum atomic E-state index is -0.286. The highest BCUT2D eigenvalue weighted by Crippen LogP contribution is 2.67. The zero-order valence-corrected chi connectivity index (χ0v) is 41.1. The van der Waals surface area contributed by atoms with Crippen molar-refractivity contribution in [2.24, 2.45) is 0 Å². The number of benzene rings is 8. The van der Waals surface area contributed by atoms with Gasteiger partial charge in [-0.2, -0.15) is 0 Å². The average Bonchev–Trinajstić information content (AvgIpc) is 3.93. The molecule has 71 heavy (non-hydrogen) atoms. The van der Waals surface area contributed by atoms with E-state index in [4.69, 9.17) is 14.5 Å². The third-order valence-corrected chi connectivity index (χ3v) is 15.8.